The van der Waals surface area contributed by atoms with Crippen LogP contribution in [-0.4, -0.2) is 54.6 Å². The highest BCUT2D eigenvalue weighted by Crippen LogP contribution is 2.40. The predicted molar refractivity (Wildman–Crippen MR) is 276 cm³/mol. The number of ether oxygens (including phenoxy) is 4. The Morgan fingerprint density at radius 1 is 0.699 bits per heavy atom. The van der Waals surface area contributed by atoms with E-state index in [0.29, 0.717) is 44.6 Å². The Kier molecular flexibility index (Phi) is 13.7. The van der Waals surface area contributed by atoms with Gasteiger partial charge in [-0.25, -0.2) is 18.2 Å². The molecule has 0 spiro atoms. The molecule has 0 aliphatic carbocycles. The van der Waals surface area contributed by atoms with Gasteiger partial charge < -0.3 is 24.3 Å². The van der Waals surface area contributed by atoms with Crippen LogP contribution in [0.15, 0.2) is 175 Å². The van der Waals surface area contributed by atoms with Crippen molar-refractivity contribution in [2.75, 3.05) is 29.9 Å². The highest BCUT2D eigenvalue weighted by Gasteiger charge is 2.38. The monoisotopic (exact) mass is 998 g/mol. The van der Waals surface area contributed by atoms with Crippen LogP contribution in [0, 0.1) is 5.82 Å². The van der Waals surface area contributed by atoms with Gasteiger partial charge in [0.25, 0.3) is 5.91 Å². The van der Waals surface area contributed by atoms with Gasteiger partial charge in [0.1, 0.15) is 43.5 Å². The van der Waals surface area contributed by atoms with Crippen LogP contribution in [0.1, 0.15) is 22.3 Å². The van der Waals surface area contributed by atoms with Gasteiger partial charge in [-0.05, 0) is 81.2 Å². The Morgan fingerprint density at radius 3 is 1.99 bits per heavy atom. The van der Waals surface area contributed by atoms with Crippen LogP contribution in [0.3, 0.4) is 0 Å². The zero-order chi connectivity index (χ0) is 50.5. The number of imidazole rings is 1. The Bertz CT molecular complexity index is 3670. The minimum absolute atomic E-state index is 0.00679. The topological polar surface area (TPSA) is 172 Å². The molecular weight excluding hydrogens is 952 g/mol. The zero-order valence-electron chi connectivity index (χ0n) is 39.4. The first-order valence-electron chi connectivity index (χ1n) is 23.3. The van der Waals surface area contributed by atoms with E-state index >= 15 is 4.39 Å². The fourth-order valence-electron chi connectivity index (χ4n) is 8.63. The van der Waals surface area contributed by atoms with Crippen molar-refractivity contribution in [1.29, 1.82) is 0 Å². The lowest BCUT2D eigenvalue weighted by Gasteiger charge is -2.21. The molecular formula is C56H47FN6O9S. The van der Waals surface area contributed by atoms with Crippen molar-refractivity contribution in [2.24, 2.45) is 0 Å². The van der Waals surface area contributed by atoms with Crippen molar-refractivity contribution in [1.82, 2.24) is 18.8 Å². The number of hydrogen-bond acceptors (Lipinski definition) is 10. The number of aromatic nitrogens is 3. The number of rotatable bonds is 18. The minimum Gasteiger partial charge on any atom is -0.487 e. The molecule has 368 valence electrons. The summed E-state index contributed by atoms with van der Waals surface area (Å²) in [6.45, 7) is 0.450. The number of halogens is 1. The third kappa shape index (κ3) is 10.5. The van der Waals surface area contributed by atoms with Crippen LogP contribution in [-0.2, 0) is 57.3 Å². The molecule has 7 aromatic carbocycles. The number of nitrogens with one attached hydrogen (secondary N) is 2. The summed E-state index contributed by atoms with van der Waals surface area (Å²) in [7, 11) is -2.79. The Hall–Kier alpha value is -8.80. The van der Waals surface area contributed by atoms with Crippen LogP contribution < -0.4 is 34.2 Å². The fraction of sp³-hybridized carbons (Fsp3) is 0.143. The summed E-state index contributed by atoms with van der Waals surface area (Å²) >= 11 is 0. The number of pyridine rings is 1. The van der Waals surface area contributed by atoms with Crippen molar-refractivity contribution < 1.29 is 41.3 Å². The first-order chi connectivity index (χ1) is 35.5. The molecule has 1 saturated heterocycles. The Morgan fingerprint density at radius 2 is 1.34 bits per heavy atom. The molecule has 73 heavy (non-hydrogen) atoms. The maximum absolute atomic E-state index is 16.4. The zero-order valence-corrected chi connectivity index (χ0v) is 40.2. The maximum atomic E-state index is 16.4. The third-order valence-corrected chi connectivity index (χ3v) is 13.6. The number of hydrogen-bond donors (Lipinski definition) is 2. The standard InChI is InChI=1S/C56H47FN6O9S/c1-69-28-27-61-48-31-42(21-24-46(48)63(56(61)66)47-25-26-52(71-35-39-13-7-3-8-14-39)59-55(47)72-36-40-15-9-4-10-16-40)41-19-17-37(18-20-41)29-50(64)58-44-22-23-45-43(30-44)32-49(70-34-38-11-5-2-6-12-38)54(53(45)57)62-33-51(65)60-73(62,67)68/h2-26,30-32H,27-29,33-36H2,1H3,(H,58,64)(H,60,65). The van der Waals surface area contributed by atoms with Crippen molar-refractivity contribution >= 4 is 55.2 Å². The molecule has 10 rings (SSSR count). The highest BCUT2D eigenvalue weighted by atomic mass is 32.2. The molecule has 0 radical (unpaired) electrons. The van der Waals surface area contributed by atoms with Crippen molar-refractivity contribution in [3.05, 3.63) is 208 Å². The van der Waals surface area contributed by atoms with E-state index in [2.05, 4.69) is 5.32 Å². The van der Waals surface area contributed by atoms with E-state index in [1.807, 2.05) is 126 Å². The summed E-state index contributed by atoms with van der Waals surface area (Å²) < 4.78 is 71.7. The summed E-state index contributed by atoms with van der Waals surface area (Å²) in [5.74, 6) is -1.57. The van der Waals surface area contributed by atoms with Crippen LogP contribution in [0.4, 0.5) is 15.8 Å². The van der Waals surface area contributed by atoms with Gasteiger partial charge in [0.15, 0.2) is 5.82 Å². The van der Waals surface area contributed by atoms with Crippen LogP contribution in [0.2, 0.25) is 0 Å². The second-order valence-corrected chi connectivity index (χ2v) is 18.8. The number of benzene rings is 7. The van der Waals surface area contributed by atoms with E-state index in [9.17, 15) is 22.8 Å². The first kappa shape index (κ1) is 47.9. The van der Waals surface area contributed by atoms with E-state index in [-0.39, 0.29) is 61.4 Å². The number of carbonyl (C=O) groups is 2. The number of fused-ring (bicyclic) bond motifs is 2. The fourth-order valence-corrected chi connectivity index (χ4v) is 9.79. The number of amides is 2. The quantitative estimate of drug-likeness (QED) is 0.0846. The molecule has 17 heteroatoms. The van der Waals surface area contributed by atoms with Gasteiger partial charge in [0, 0.05) is 24.2 Å². The average molecular weight is 999 g/mol. The number of anilines is 2. The molecule has 0 atom stereocenters. The third-order valence-electron chi connectivity index (χ3n) is 12.2. The largest absolute Gasteiger partial charge is 0.487 e. The number of nitrogens with zero attached hydrogens (tertiary/aromatic N) is 4. The van der Waals surface area contributed by atoms with Gasteiger partial charge in [-0.3, -0.25) is 18.7 Å². The average Bonchev–Trinajstić information content (AvgIpc) is 3.84. The molecule has 1 fully saturated rings. The van der Waals surface area contributed by atoms with Gasteiger partial charge >= 0.3 is 15.9 Å². The first-order valence-corrected chi connectivity index (χ1v) is 24.7. The van der Waals surface area contributed by atoms with Gasteiger partial charge in [-0.1, -0.05) is 121 Å². The summed E-state index contributed by atoms with van der Waals surface area (Å²) in [6.07, 6.45) is 0.0160. The lowest BCUT2D eigenvalue weighted by atomic mass is 10.0. The van der Waals surface area contributed by atoms with Gasteiger partial charge in [0.05, 0.1) is 30.6 Å². The van der Waals surface area contributed by atoms with E-state index < -0.39 is 34.2 Å². The van der Waals surface area contributed by atoms with Crippen molar-refractivity contribution in [3.8, 4) is 34.3 Å². The molecule has 0 bridgehead atoms. The summed E-state index contributed by atoms with van der Waals surface area (Å²) in [4.78, 5) is 44.9. The van der Waals surface area contributed by atoms with Crippen molar-refractivity contribution in [2.45, 2.75) is 32.8 Å². The van der Waals surface area contributed by atoms with Gasteiger partial charge in [-0.15, -0.1) is 0 Å². The van der Waals surface area contributed by atoms with Crippen LogP contribution in [0.5, 0.6) is 17.5 Å². The number of methoxy groups -OCH3 is 1. The minimum atomic E-state index is -4.37. The van der Waals surface area contributed by atoms with Crippen molar-refractivity contribution in [3.63, 3.8) is 0 Å². The molecule has 2 N–H and O–H groups in total. The normalized spacial score (nSPS) is 13.0. The van der Waals surface area contributed by atoms with Gasteiger partial charge in [0.2, 0.25) is 17.7 Å². The molecule has 0 unspecified atom stereocenters. The Balaban J connectivity index is 0.891. The van der Waals surface area contributed by atoms with E-state index in [4.69, 9.17) is 23.9 Å². The smallest absolute Gasteiger partial charge is 0.333 e. The summed E-state index contributed by atoms with van der Waals surface area (Å²) in [5, 5.41) is 3.28. The van der Waals surface area contributed by atoms with Crippen LogP contribution in [0.25, 0.3) is 38.6 Å². The number of carbonyl (C=O) groups excluding carboxylic acids is 2. The molecule has 3 heterocycles. The Labute approximate surface area is 419 Å². The maximum Gasteiger partial charge on any atom is 0.333 e. The van der Waals surface area contributed by atoms with E-state index in [1.54, 1.807) is 46.6 Å². The molecule has 2 amide bonds. The summed E-state index contributed by atoms with van der Waals surface area (Å²) in [6, 6.07) is 51.3. The highest BCUT2D eigenvalue weighted by molar-refractivity contribution is 7.92. The lowest BCUT2D eigenvalue weighted by Crippen LogP contribution is -2.30. The molecule has 2 aromatic heterocycles. The second kappa shape index (κ2) is 20.9. The van der Waals surface area contributed by atoms with E-state index in [0.717, 1.165) is 33.4 Å². The molecule has 0 saturated carbocycles. The van der Waals surface area contributed by atoms with Crippen LogP contribution >= 0.6 is 0 Å². The SMILES string of the molecule is COCCn1c(=O)n(-c2ccc(OCc3ccccc3)nc2OCc2ccccc2)c2ccc(-c3ccc(CC(=O)Nc4ccc5c(F)c(N6CC(=O)NS6(=O)=O)c(OCc6ccccc6)cc5c4)cc3)cc21. The van der Waals surface area contributed by atoms with Gasteiger partial charge in [-0.2, -0.15) is 13.4 Å². The molecule has 1 aliphatic heterocycles. The second-order valence-electron chi connectivity index (χ2n) is 17.2. The predicted octanol–water partition coefficient (Wildman–Crippen LogP) is 8.89. The molecule has 1 aliphatic rings. The lowest BCUT2D eigenvalue weighted by molar-refractivity contribution is -0.117. The molecule has 15 nitrogen and oxygen atoms in total. The summed E-state index contributed by atoms with van der Waals surface area (Å²) in [5.41, 5.74) is 6.46. The van der Waals surface area contributed by atoms with E-state index in [1.165, 1.54) is 18.2 Å². The molecule has 9 aromatic rings.